The Labute approximate surface area is 118 Å². The summed E-state index contributed by atoms with van der Waals surface area (Å²) in [6, 6.07) is 7.95. The molecule has 1 N–H and O–H groups in total. The molecule has 1 fully saturated rings. The van der Waals surface area contributed by atoms with Crippen LogP contribution in [0.5, 0.6) is 5.75 Å². The average Bonchev–Trinajstić information content (AvgIpc) is 2.38. The minimum atomic E-state index is 0. The number of hydrogen-bond acceptors (Lipinski definition) is 4. The minimum Gasteiger partial charge on any atom is -0.497 e. The van der Waals surface area contributed by atoms with Gasteiger partial charge in [-0.05, 0) is 24.3 Å². The molecule has 1 aliphatic heterocycles. The second-order valence-electron chi connectivity index (χ2n) is 4.37. The third kappa shape index (κ3) is 2.69. The van der Waals surface area contributed by atoms with E-state index in [4.69, 9.17) is 4.74 Å². The van der Waals surface area contributed by atoms with Gasteiger partial charge in [0.15, 0.2) is 0 Å². The average molecular weight is 278 g/mol. The summed E-state index contributed by atoms with van der Waals surface area (Å²) in [5.74, 6) is 1.34. The molecule has 0 bridgehead atoms. The Balaban J connectivity index is 0.00000133. The lowest BCUT2D eigenvalue weighted by atomic mass is 9.94. The van der Waals surface area contributed by atoms with Crippen LogP contribution in [0.25, 0.3) is 11.3 Å². The van der Waals surface area contributed by atoms with E-state index in [1.807, 2.05) is 24.3 Å². The third-order valence-corrected chi connectivity index (χ3v) is 3.26. The van der Waals surface area contributed by atoms with Crippen molar-refractivity contribution in [2.24, 2.45) is 0 Å². The van der Waals surface area contributed by atoms with Crippen molar-refractivity contribution < 1.29 is 4.74 Å². The van der Waals surface area contributed by atoms with Crippen molar-refractivity contribution >= 4 is 12.4 Å². The molecule has 0 atom stereocenters. The van der Waals surface area contributed by atoms with Gasteiger partial charge in [0.25, 0.3) is 0 Å². The predicted molar refractivity (Wildman–Crippen MR) is 76.9 cm³/mol. The van der Waals surface area contributed by atoms with Gasteiger partial charge in [-0.1, -0.05) is 0 Å². The van der Waals surface area contributed by atoms with E-state index in [9.17, 15) is 0 Å². The van der Waals surface area contributed by atoms with Crippen LogP contribution in [-0.2, 0) is 0 Å². The molecule has 5 heteroatoms. The summed E-state index contributed by atoms with van der Waals surface area (Å²) >= 11 is 0. The van der Waals surface area contributed by atoms with E-state index < -0.39 is 0 Å². The van der Waals surface area contributed by atoms with E-state index in [0.29, 0.717) is 5.92 Å². The van der Waals surface area contributed by atoms with Crippen molar-refractivity contribution in [3.63, 3.8) is 0 Å². The molecular weight excluding hydrogens is 262 g/mol. The van der Waals surface area contributed by atoms with E-state index in [0.717, 1.165) is 35.8 Å². The van der Waals surface area contributed by atoms with Crippen molar-refractivity contribution in [2.75, 3.05) is 20.2 Å². The molecule has 1 aromatic heterocycles. The number of benzene rings is 1. The molecule has 0 radical (unpaired) electrons. The highest BCUT2D eigenvalue weighted by Gasteiger charge is 2.24. The minimum absolute atomic E-state index is 0. The molecule has 0 unspecified atom stereocenters. The highest BCUT2D eigenvalue weighted by Crippen LogP contribution is 2.28. The van der Waals surface area contributed by atoms with Crippen LogP contribution in [0.4, 0.5) is 0 Å². The van der Waals surface area contributed by atoms with Gasteiger partial charge in [0.05, 0.1) is 18.5 Å². The zero-order chi connectivity index (χ0) is 12.4. The normalized spacial score (nSPS) is 14.4. The first kappa shape index (κ1) is 13.8. The molecule has 0 amide bonds. The lowest BCUT2D eigenvalue weighted by molar-refractivity contribution is 0.415. The standard InChI is InChI=1S/C14H15N3O.ClH/c1-18-12-4-2-10(3-5-12)13-14(11-8-15-9-11)17-7-6-16-13;/h2-7,11,15H,8-9H2,1H3;1H. The van der Waals surface area contributed by atoms with Gasteiger partial charge >= 0.3 is 0 Å². The maximum absolute atomic E-state index is 5.17. The molecule has 1 aromatic carbocycles. The second-order valence-corrected chi connectivity index (χ2v) is 4.37. The predicted octanol–water partition coefficient (Wildman–Crippen LogP) is 2.26. The Bertz CT molecular complexity index is 541. The lowest BCUT2D eigenvalue weighted by Crippen LogP contribution is -2.40. The molecule has 2 aromatic rings. The van der Waals surface area contributed by atoms with Crippen LogP contribution in [-0.4, -0.2) is 30.2 Å². The molecule has 0 spiro atoms. The number of aromatic nitrogens is 2. The molecule has 0 aliphatic carbocycles. The summed E-state index contributed by atoms with van der Waals surface area (Å²) in [4.78, 5) is 8.96. The van der Waals surface area contributed by atoms with Crippen LogP contribution < -0.4 is 10.1 Å². The number of methoxy groups -OCH3 is 1. The molecule has 2 heterocycles. The van der Waals surface area contributed by atoms with Gasteiger partial charge in [0.1, 0.15) is 5.75 Å². The number of nitrogens with zero attached hydrogens (tertiary/aromatic N) is 2. The zero-order valence-electron chi connectivity index (χ0n) is 10.7. The fourth-order valence-corrected chi connectivity index (χ4v) is 2.10. The maximum Gasteiger partial charge on any atom is 0.118 e. The Hall–Kier alpha value is -1.65. The summed E-state index contributed by atoms with van der Waals surface area (Å²) in [6.07, 6.45) is 3.51. The van der Waals surface area contributed by atoms with Crippen molar-refractivity contribution in [2.45, 2.75) is 5.92 Å². The molecule has 4 nitrogen and oxygen atoms in total. The van der Waals surface area contributed by atoms with Gasteiger partial charge in [0, 0.05) is 37.0 Å². The van der Waals surface area contributed by atoms with E-state index in [1.165, 1.54) is 0 Å². The first-order valence-corrected chi connectivity index (χ1v) is 6.04. The fourth-order valence-electron chi connectivity index (χ4n) is 2.10. The highest BCUT2D eigenvalue weighted by atomic mass is 35.5. The zero-order valence-corrected chi connectivity index (χ0v) is 11.5. The van der Waals surface area contributed by atoms with Crippen molar-refractivity contribution in [3.05, 3.63) is 42.4 Å². The molecule has 1 saturated heterocycles. The van der Waals surface area contributed by atoms with Gasteiger partial charge in [-0.25, -0.2) is 0 Å². The van der Waals surface area contributed by atoms with Crippen LogP contribution in [0.3, 0.4) is 0 Å². The number of halogens is 1. The Morgan fingerprint density at radius 2 is 1.79 bits per heavy atom. The second kappa shape index (κ2) is 5.99. The number of ether oxygens (including phenoxy) is 1. The smallest absolute Gasteiger partial charge is 0.118 e. The van der Waals surface area contributed by atoms with Gasteiger partial charge in [-0.3, -0.25) is 9.97 Å². The summed E-state index contributed by atoms with van der Waals surface area (Å²) < 4.78 is 5.17. The lowest BCUT2D eigenvalue weighted by Gasteiger charge is -2.27. The molecule has 100 valence electrons. The van der Waals surface area contributed by atoms with Gasteiger partial charge < -0.3 is 10.1 Å². The van der Waals surface area contributed by atoms with Crippen LogP contribution in [0, 0.1) is 0 Å². The van der Waals surface area contributed by atoms with Crippen molar-refractivity contribution in [1.29, 1.82) is 0 Å². The molecular formula is C14H16ClN3O. The third-order valence-electron chi connectivity index (χ3n) is 3.26. The van der Waals surface area contributed by atoms with E-state index in [1.54, 1.807) is 19.5 Å². The van der Waals surface area contributed by atoms with Crippen molar-refractivity contribution in [3.8, 4) is 17.0 Å². The number of rotatable bonds is 3. The van der Waals surface area contributed by atoms with Gasteiger partial charge in [-0.15, -0.1) is 12.4 Å². The Morgan fingerprint density at radius 3 is 2.37 bits per heavy atom. The van der Waals surface area contributed by atoms with E-state index in [2.05, 4.69) is 15.3 Å². The summed E-state index contributed by atoms with van der Waals surface area (Å²) in [7, 11) is 1.67. The molecule has 0 saturated carbocycles. The van der Waals surface area contributed by atoms with Crippen LogP contribution in [0.1, 0.15) is 11.6 Å². The molecule has 3 rings (SSSR count). The topological polar surface area (TPSA) is 47.0 Å². The van der Waals surface area contributed by atoms with Gasteiger partial charge in [0.2, 0.25) is 0 Å². The van der Waals surface area contributed by atoms with Crippen molar-refractivity contribution in [1.82, 2.24) is 15.3 Å². The Kier molecular flexibility index (Phi) is 4.35. The molecule has 1 aliphatic rings. The quantitative estimate of drug-likeness (QED) is 0.935. The number of nitrogens with one attached hydrogen (secondary N) is 1. The van der Waals surface area contributed by atoms with Crippen LogP contribution in [0.2, 0.25) is 0 Å². The first-order chi connectivity index (χ1) is 8.88. The number of hydrogen-bond donors (Lipinski definition) is 1. The monoisotopic (exact) mass is 277 g/mol. The van der Waals surface area contributed by atoms with Crippen LogP contribution in [0.15, 0.2) is 36.7 Å². The van der Waals surface area contributed by atoms with E-state index in [-0.39, 0.29) is 12.4 Å². The summed E-state index contributed by atoms with van der Waals surface area (Å²) in [5.41, 5.74) is 3.15. The molecule has 19 heavy (non-hydrogen) atoms. The highest BCUT2D eigenvalue weighted by molar-refractivity contribution is 5.85. The summed E-state index contributed by atoms with van der Waals surface area (Å²) in [5, 5.41) is 3.27. The van der Waals surface area contributed by atoms with E-state index >= 15 is 0 Å². The largest absolute Gasteiger partial charge is 0.497 e. The van der Waals surface area contributed by atoms with Crippen LogP contribution >= 0.6 is 12.4 Å². The van der Waals surface area contributed by atoms with Gasteiger partial charge in [-0.2, -0.15) is 0 Å². The summed E-state index contributed by atoms with van der Waals surface area (Å²) in [6.45, 7) is 1.98. The Morgan fingerprint density at radius 1 is 1.11 bits per heavy atom. The SMILES string of the molecule is COc1ccc(-c2nccnc2C2CNC2)cc1.Cl. The first-order valence-electron chi connectivity index (χ1n) is 6.04. The fraction of sp³-hybridized carbons (Fsp3) is 0.286. The maximum atomic E-state index is 5.17.